The molecule has 0 aromatic carbocycles. The first-order valence-electron chi connectivity index (χ1n) is 6.19. The summed E-state index contributed by atoms with van der Waals surface area (Å²) >= 11 is 0. The molecule has 17 heavy (non-hydrogen) atoms. The number of carbonyl (C=O) groups is 2. The summed E-state index contributed by atoms with van der Waals surface area (Å²) in [6, 6.07) is -0.274. The molecular formula is C12H22N2O3. The molecule has 3 N–H and O–H groups in total. The van der Waals surface area contributed by atoms with Gasteiger partial charge in [0, 0.05) is 12.6 Å². The van der Waals surface area contributed by atoms with Crippen molar-refractivity contribution < 1.29 is 14.7 Å². The summed E-state index contributed by atoms with van der Waals surface area (Å²) in [5.41, 5.74) is 5.85. The van der Waals surface area contributed by atoms with Crippen LogP contribution in [0.1, 0.15) is 39.5 Å². The molecule has 0 radical (unpaired) electrons. The summed E-state index contributed by atoms with van der Waals surface area (Å²) in [6.45, 7) is 4.32. The van der Waals surface area contributed by atoms with Crippen molar-refractivity contribution >= 4 is 11.9 Å². The summed E-state index contributed by atoms with van der Waals surface area (Å²) in [5.74, 6) is -0.599. The van der Waals surface area contributed by atoms with Gasteiger partial charge in [-0.2, -0.15) is 0 Å². The fraction of sp³-hybridized carbons (Fsp3) is 0.833. The van der Waals surface area contributed by atoms with Crippen molar-refractivity contribution in [2.24, 2.45) is 11.7 Å². The third-order valence-corrected chi connectivity index (χ3v) is 2.88. The zero-order valence-electron chi connectivity index (χ0n) is 10.6. The third kappa shape index (κ3) is 4.73. The number of amides is 1. The first-order chi connectivity index (χ1) is 7.91. The molecule has 0 aromatic rings. The van der Waals surface area contributed by atoms with Crippen molar-refractivity contribution in [2.45, 2.75) is 51.6 Å². The average molecular weight is 242 g/mol. The Hall–Kier alpha value is -1.10. The lowest BCUT2D eigenvalue weighted by Gasteiger charge is -2.25. The van der Waals surface area contributed by atoms with Gasteiger partial charge in [0.05, 0.1) is 12.5 Å². The topological polar surface area (TPSA) is 83.6 Å². The molecule has 1 amide bonds. The number of nitrogens with zero attached hydrogens (tertiary/aromatic N) is 1. The Kier molecular flexibility index (Phi) is 4.93. The van der Waals surface area contributed by atoms with Crippen LogP contribution in [0.15, 0.2) is 0 Å². The van der Waals surface area contributed by atoms with Crippen molar-refractivity contribution in [3.05, 3.63) is 0 Å². The van der Waals surface area contributed by atoms with Gasteiger partial charge in [-0.25, -0.2) is 0 Å². The van der Waals surface area contributed by atoms with E-state index < -0.39 is 12.0 Å². The Labute approximate surface area is 102 Å². The van der Waals surface area contributed by atoms with Crippen LogP contribution in [0.3, 0.4) is 0 Å². The summed E-state index contributed by atoms with van der Waals surface area (Å²) in [6.07, 6.45) is 2.59. The standard InChI is InChI=1S/C12H22N2O3/c1-8(2)7-10(13)12(17)14(9-3-4-9)6-5-11(15)16/h8-10H,3-7,13H2,1-2H3,(H,15,16)/t10-/m0/s1. The van der Waals surface area contributed by atoms with E-state index >= 15 is 0 Å². The summed E-state index contributed by atoms with van der Waals surface area (Å²) in [4.78, 5) is 24.3. The van der Waals surface area contributed by atoms with Gasteiger partial charge in [0.15, 0.2) is 0 Å². The minimum absolute atomic E-state index is 0.00333. The molecule has 1 aliphatic carbocycles. The van der Waals surface area contributed by atoms with E-state index in [4.69, 9.17) is 10.8 Å². The van der Waals surface area contributed by atoms with Crippen LogP contribution in [0.5, 0.6) is 0 Å². The summed E-state index contributed by atoms with van der Waals surface area (Å²) in [7, 11) is 0. The molecule has 5 heteroatoms. The number of rotatable bonds is 7. The highest BCUT2D eigenvalue weighted by molar-refractivity contribution is 5.82. The number of aliphatic carboxylic acids is 1. The molecule has 0 unspecified atom stereocenters. The fourth-order valence-corrected chi connectivity index (χ4v) is 1.90. The number of hydrogen-bond acceptors (Lipinski definition) is 3. The van der Waals surface area contributed by atoms with Crippen molar-refractivity contribution in [1.29, 1.82) is 0 Å². The number of carboxylic acids is 1. The fourth-order valence-electron chi connectivity index (χ4n) is 1.90. The van der Waals surface area contributed by atoms with Crippen LogP contribution >= 0.6 is 0 Å². The van der Waals surface area contributed by atoms with E-state index in [1.54, 1.807) is 4.90 Å². The number of carboxylic acid groups (broad SMARTS) is 1. The second-order valence-electron chi connectivity index (χ2n) is 5.14. The minimum atomic E-state index is -0.874. The lowest BCUT2D eigenvalue weighted by molar-refractivity contribution is -0.139. The molecule has 1 rings (SSSR count). The maximum atomic E-state index is 12.1. The van der Waals surface area contributed by atoms with E-state index in [1.807, 2.05) is 13.8 Å². The van der Waals surface area contributed by atoms with Gasteiger partial charge < -0.3 is 15.7 Å². The molecule has 5 nitrogen and oxygen atoms in total. The van der Waals surface area contributed by atoms with Gasteiger partial charge in [0.2, 0.25) is 5.91 Å². The maximum Gasteiger partial charge on any atom is 0.305 e. The quantitative estimate of drug-likeness (QED) is 0.692. The highest BCUT2D eigenvalue weighted by Crippen LogP contribution is 2.27. The van der Waals surface area contributed by atoms with Gasteiger partial charge in [-0.3, -0.25) is 9.59 Å². The molecule has 0 spiro atoms. The van der Waals surface area contributed by atoms with Gasteiger partial charge in [-0.15, -0.1) is 0 Å². The first-order valence-corrected chi connectivity index (χ1v) is 6.19. The van der Waals surface area contributed by atoms with Crippen molar-refractivity contribution in [3.63, 3.8) is 0 Å². The number of carbonyl (C=O) groups excluding carboxylic acids is 1. The molecule has 1 fully saturated rings. The Balaban J connectivity index is 2.51. The Morgan fingerprint density at radius 3 is 2.41 bits per heavy atom. The van der Waals surface area contributed by atoms with Gasteiger partial charge in [-0.05, 0) is 25.2 Å². The van der Waals surface area contributed by atoms with E-state index in [1.165, 1.54) is 0 Å². The van der Waals surface area contributed by atoms with Gasteiger partial charge in [-0.1, -0.05) is 13.8 Å². The molecular weight excluding hydrogens is 220 g/mol. The highest BCUT2D eigenvalue weighted by atomic mass is 16.4. The van der Waals surface area contributed by atoms with Crippen molar-refractivity contribution in [1.82, 2.24) is 4.90 Å². The van der Waals surface area contributed by atoms with E-state index in [0.29, 0.717) is 12.3 Å². The number of hydrogen-bond donors (Lipinski definition) is 2. The number of nitrogens with two attached hydrogens (primary N) is 1. The van der Waals surface area contributed by atoms with Crippen LogP contribution in [0.2, 0.25) is 0 Å². The van der Waals surface area contributed by atoms with Crippen LogP contribution in [0.25, 0.3) is 0 Å². The predicted molar refractivity (Wildman–Crippen MR) is 64.4 cm³/mol. The second kappa shape index (κ2) is 6.00. The molecule has 0 bridgehead atoms. The molecule has 0 aromatic heterocycles. The minimum Gasteiger partial charge on any atom is -0.481 e. The van der Waals surface area contributed by atoms with Crippen LogP contribution in [-0.2, 0) is 9.59 Å². The van der Waals surface area contributed by atoms with Gasteiger partial charge >= 0.3 is 5.97 Å². The van der Waals surface area contributed by atoms with Crippen LogP contribution in [0.4, 0.5) is 0 Å². The molecule has 0 aliphatic heterocycles. The lowest BCUT2D eigenvalue weighted by Crippen LogP contribution is -2.46. The van der Waals surface area contributed by atoms with Crippen LogP contribution < -0.4 is 5.73 Å². The Morgan fingerprint density at radius 2 is 2.00 bits per heavy atom. The third-order valence-electron chi connectivity index (χ3n) is 2.88. The molecule has 0 saturated heterocycles. The zero-order chi connectivity index (χ0) is 13.0. The molecule has 0 heterocycles. The van der Waals surface area contributed by atoms with Crippen molar-refractivity contribution in [2.75, 3.05) is 6.54 Å². The molecule has 1 aliphatic rings. The Bertz CT molecular complexity index is 287. The lowest BCUT2D eigenvalue weighted by atomic mass is 10.0. The van der Waals surface area contributed by atoms with Gasteiger partial charge in [0.25, 0.3) is 0 Å². The van der Waals surface area contributed by atoms with Crippen LogP contribution in [0, 0.1) is 5.92 Å². The largest absolute Gasteiger partial charge is 0.481 e. The SMILES string of the molecule is CC(C)C[C@H](N)C(=O)N(CCC(=O)O)C1CC1. The average Bonchev–Trinajstić information content (AvgIpc) is 3.00. The van der Waals surface area contributed by atoms with Gasteiger partial charge in [0.1, 0.15) is 0 Å². The van der Waals surface area contributed by atoms with Crippen LogP contribution in [-0.4, -0.2) is 40.5 Å². The zero-order valence-corrected chi connectivity index (χ0v) is 10.6. The normalized spacial score (nSPS) is 16.9. The second-order valence-corrected chi connectivity index (χ2v) is 5.14. The predicted octanol–water partition coefficient (Wildman–Crippen LogP) is 0.826. The monoisotopic (exact) mass is 242 g/mol. The molecule has 1 atom stereocenters. The van der Waals surface area contributed by atoms with Crippen molar-refractivity contribution in [3.8, 4) is 0 Å². The maximum absolute atomic E-state index is 12.1. The molecule has 98 valence electrons. The smallest absolute Gasteiger partial charge is 0.305 e. The first kappa shape index (κ1) is 14.0. The Morgan fingerprint density at radius 1 is 1.41 bits per heavy atom. The summed E-state index contributed by atoms with van der Waals surface area (Å²) in [5, 5.41) is 8.66. The van der Waals surface area contributed by atoms with E-state index in [-0.39, 0.29) is 24.9 Å². The van der Waals surface area contributed by atoms with E-state index in [2.05, 4.69) is 0 Å². The highest BCUT2D eigenvalue weighted by Gasteiger charge is 2.34. The van der Waals surface area contributed by atoms with E-state index in [9.17, 15) is 9.59 Å². The van der Waals surface area contributed by atoms with E-state index in [0.717, 1.165) is 12.8 Å². The summed E-state index contributed by atoms with van der Waals surface area (Å²) < 4.78 is 0. The molecule has 1 saturated carbocycles.